The summed E-state index contributed by atoms with van der Waals surface area (Å²) >= 11 is 1.62. The van der Waals surface area contributed by atoms with Crippen LogP contribution in [0.4, 0.5) is 5.82 Å². The summed E-state index contributed by atoms with van der Waals surface area (Å²) in [6.07, 6.45) is 1.69. The van der Waals surface area contributed by atoms with Gasteiger partial charge in [-0.15, -0.1) is 11.3 Å². The second-order valence-electron chi connectivity index (χ2n) is 7.31. The smallest absolute Gasteiger partial charge is 0.266 e. The van der Waals surface area contributed by atoms with Crippen molar-refractivity contribution in [3.8, 4) is 5.75 Å². The largest absolute Gasteiger partial charge is 0.484 e. The fourth-order valence-corrected chi connectivity index (χ4v) is 3.34. The van der Waals surface area contributed by atoms with E-state index in [-0.39, 0.29) is 17.9 Å². The summed E-state index contributed by atoms with van der Waals surface area (Å²) in [5.74, 6) is 1.19. The standard InChI is InChI=1S/C22H24N2O2S/c1-22(2,3)17-9-11-18(12-10-17)26-16-21(25)24(15-19-7-6-14-27-19)20-8-4-5-13-23-20/h4-14H,15-16H2,1-3H3. The second kappa shape index (κ2) is 8.35. The molecule has 0 aliphatic carbocycles. The van der Waals surface area contributed by atoms with Gasteiger partial charge in [0.05, 0.1) is 6.54 Å². The molecule has 0 aliphatic heterocycles. The van der Waals surface area contributed by atoms with E-state index in [1.54, 1.807) is 22.4 Å². The molecular weight excluding hydrogens is 356 g/mol. The zero-order valence-corrected chi connectivity index (χ0v) is 16.7. The van der Waals surface area contributed by atoms with Crippen LogP contribution in [0.15, 0.2) is 66.2 Å². The first kappa shape index (κ1) is 19.1. The molecule has 1 aromatic carbocycles. The predicted octanol–water partition coefficient (Wildman–Crippen LogP) is 5.05. The molecule has 0 saturated heterocycles. The minimum Gasteiger partial charge on any atom is -0.484 e. The van der Waals surface area contributed by atoms with Crippen LogP contribution in [-0.2, 0) is 16.8 Å². The number of nitrogens with zero attached hydrogens (tertiary/aromatic N) is 2. The van der Waals surface area contributed by atoms with Crippen molar-refractivity contribution in [2.45, 2.75) is 32.7 Å². The van der Waals surface area contributed by atoms with E-state index >= 15 is 0 Å². The molecule has 0 bridgehead atoms. The highest BCUT2D eigenvalue weighted by Gasteiger charge is 2.19. The van der Waals surface area contributed by atoms with E-state index in [1.165, 1.54) is 5.56 Å². The normalized spacial score (nSPS) is 11.2. The van der Waals surface area contributed by atoms with Gasteiger partial charge in [0.15, 0.2) is 6.61 Å². The van der Waals surface area contributed by atoms with Crippen LogP contribution in [-0.4, -0.2) is 17.5 Å². The number of ether oxygens (including phenoxy) is 1. The second-order valence-corrected chi connectivity index (χ2v) is 8.34. The maximum atomic E-state index is 12.8. The zero-order valence-electron chi connectivity index (χ0n) is 15.9. The van der Waals surface area contributed by atoms with E-state index in [1.807, 2.05) is 60.0 Å². The van der Waals surface area contributed by atoms with Gasteiger partial charge in [-0.1, -0.05) is 45.0 Å². The number of carbonyl (C=O) groups excluding carboxylic acids is 1. The summed E-state index contributed by atoms with van der Waals surface area (Å²) in [6, 6.07) is 17.5. The lowest BCUT2D eigenvalue weighted by Gasteiger charge is -2.22. The van der Waals surface area contributed by atoms with Crippen molar-refractivity contribution in [1.29, 1.82) is 0 Å². The minimum atomic E-state index is -0.123. The van der Waals surface area contributed by atoms with Gasteiger partial charge < -0.3 is 4.74 Å². The van der Waals surface area contributed by atoms with Gasteiger partial charge in [-0.25, -0.2) is 4.98 Å². The molecule has 2 aromatic heterocycles. The Hall–Kier alpha value is -2.66. The lowest BCUT2D eigenvalue weighted by Crippen LogP contribution is -2.34. The number of aromatic nitrogens is 1. The SMILES string of the molecule is CC(C)(C)c1ccc(OCC(=O)N(Cc2cccs2)c2ccccn2)cc1. The van der Waals surface area contributed by atoms with E-state index < -0.39 is 0 Å². The quantitative estimate of drug-likeness (QED) is 0.601. The predicted molar refractivity (Wildman–Crippen MR) is 110 cm³/mol. The fourth-order valence-electron chi connectivity index (χ4n) is 2.64. The maximum absolute atomic E-state index is 12.8. The number of anilines is 1. The van der Waals surface area contributed by atoms with Crippen LogP contribution < -0.4 is 9.64 Å². The van der Waals surface area contributed by atoms with Crippen LogP contribution in [0.5, 0.6) is 5.75 Å². The van der Waals surface area contributed by atoms with E-state index in [2.05, 4.69) is 25.8 Å². The van der Waals surface area contributed by atoms with Crippen LogP contribution in [0.25, 0.3) is 0 Å². The molecule has 4 nitrogen and oxygen atoms in total. The highest BCUT2D eigenvalue weighted by molar-refractivity contribution is 7.09. The van der Waals surface area contributed by atoms with E-state index in [0.29, 0.717) is 18.1 Å². The van der Waals surface area contributed by atoms with Gasteiger partial charge in [-0.2, -0.15) is 0 Å². The number of thiophene rings is 1. The van der Waals surface area contributed by atoms with Crippen molar-refractivity contribution in [1.82, 2.24) is 4.98 Å². The van der Waals surface area contributed by atoms with Crippen LogP contribution in [0.2, 0.25) is 0 Å². The van der Waals surface area contributed by atoms with Gasteiger partial charge in [0.25, 0.3) is 5.91 Å². The van der Waals surface area contributed by atoms with Crippen molar-refractivity contribution >= 4 is 23.1 Å². The van der Waals surface area contributed by atoms with Gasteiger partial charge in [-0.05, 0) is 46.7 Å². The van der Waals surface area contributed by atoms with Crippen LogP contribution in [0, 0.1) is 0 Å². The number of rotatable bonds is 6. The van der Waals surface area contributed by atoms with Crippen LogP contribution in [0.3, 0.4) is 0 Å². The van der Waals surface area contributed by atoms with Gasteiger partial charge >= 0.3 is 0 Å². The third-order valence-electron chi connectivity index (χ3n) is 4.20. The van der Waals surface area contributed by atoms with E-state index in [4.69, 9.17) is 4.74 Å². The van der Waals surface area contributed by atoms with Gasteiger partial charge in [0, 0.05) is 11.1 Å². The molecule has 0 unspecified atom stereocenters. The molecule has 2 heterocycles. The summed E-state index contributed by atoms with van der Waals surface area (Å²) in [5, 5.41) is 2.00. The number of amides is 1. The summed E-state index contributed by atoms with van der Waals surface area (Å²) in [7, 11) is 0. The Bertz CT molecular complexity index is 854. The first-order valence-electron chi connectivity index (χ1n) is 8.90. The molecule has 140 valence electrons. The molecule has 5 heteroatoms. The van der Waals surface area contributed by atoms with Crippen LogP contribution >= 0.6 is 11.3 Å². The third kappa shape index (κ3) is 5.17. The molecule has 27 heavy (non-hydrogen) atoms. The number of pyridine rings is 1. The van der Waals surface area contributed by atoms with Crippen molar-refractivity contribution in [3.63, 3.8) is 0 Å². The molecular formula is C22H24N2O2S. The minimum absolute atomic E-state index is 0.0309. The number of benzene rings is 1. The molecule has 0 aliphatic rings. The Kier molecular flexibility index (Phi) is 5.91. The Morgan fingerprint density at radius 2 is 1.85 bits per heavy atom. The number of hydrogen-bond donors (Lipinski definition) is 0. The molecule has 0 radical (unpaired) electrons. The van der Waals surface area contributed by atoms with Crippen molar-refractivity contribution < 1.29 is 9.53 Å². The monoisotopic (exact) mass is 380 g/mol. The lowest BCUT2D eigenvalue weighted by atomic mass is 9.87. The summed E-state index contributed by atoms with van der Waals surface area (Å²) < 4.78 is 5.74. The Morgan fingerprint density at radius 3 is 2.44 bits per heavy atom. The molecule has 3 rings (SSSR count). The Labute approximate surface area is 164 Å². The third-order valence-corrected chi connectivity index (χ3v) is 5.06. The molecule has 0 atom stereocenters. The molecule has 0 spiro atoms. The number of hydrogen-bond acceptors (Lipinski definition) is 4. The van der Waals surface area contributed by atoms with Crippen molar-refractivity contribution in [2.75, 3.05) is 11.5 Å². The lowest BCUT2D eigenvalue weighted by molar-refractivity contribution is -0.120. The maximum Gasteiger partial charge on any atom is 0.266 e. The molecule has 0 N–H and O–H groups in total. The first-order valence-corrected chi connectivity index (χ1v) is 9.78. The molecule has 0 saturated carbocycles. The topological polar surface area (TPSA) is 42.4 Å². The molecule has 1 amide bonds. The molecule has 3 aromatic rings. The zero-order chi connectivity index (χ0) is 19.3. The first-order chi connectivity index (χ1) is 12.9. The molecule has 0 fully saturated rings. The van der Waals surface area contributed by atoms with E-state index in [0.717, 1.165) is 4.88 Å². The van der Waals surface area contributed by atoms with Crippen molar-refractivity contribution in [3.05, 3.63) is 76.6 Å². The Balaban J connectivity index is 1.69. The summed E-state index contributed by atoms with van der Waals surface area (Å²) in [4.78, 5) is 19.9. The average Bonchev–Trinajstić information content (AvgIpc) is 3.18. The highest BCUT2D eigenvalue weighted by Crippen LogP contribution is 2.24. The average molecular weight is 381 g/mol. The van der Waals surface area contributed by atoms with Gasteiger partial charge in [-0.3, -0.25) is 9.69 Å². The van der Waals surface area contributed by atoms with Crippen LogP contribution in [0.1, 0.15) is 31.2 Å². The fraction of sp³-hybridized carbons (Fsp3) is 0.273. The van der Waals surface area contributed by atoms with E-state index in [9.17, 15) is 4.79 Å². The summed E-state index contributed by atoms with van der Waals surface area (Å²) in [6.45, 7) is 6.96. The van der Waals surface area contributed by atoms with Gasteiger partial charge in [0.2, 0.25) is 0 Å². The van der Waals surface area contributed by atoms with Crippen molar-refractivity contribution in [2.24, 2.45) is 0 Å². The number of carbonyl (C=O) groups is 1. The van der Waals surface area contributed by atoms with Gasteiger partial charge in [0.1, 0.15) is 11.6 Å². The Morgan fingerprint density at radius 1 is 1.07 bits per heavy atom. The highest BCUT2D eigenvalue weighted by atomic mass is 32.1. The summed E-state index contributed by atoms with van der Waals surface area (Å²) in [5.41, 5.74) is 1.32.